The highest BCUT2D eigenvalue weighted by atomic mass is 19.1. The van der Waals surface area contributed by atoms with Gasteiger partial charge in [-0.05, 0) is 38.8 Å². The van der Waals surface area contributed by atoms with E-state index in [9.17, 15) is 4.39 Å². The molecule has 7 heteroatoms. The normalized spacial score (nSPS) is 19.6. The van der Waals surface area contributed by atoms with Gasteiger partial charge >= 0.3 is 0 Å². The Kier molecular flexibility index (Phi) is 5.75. The van der Waals surface area contributed by atoms with Gasteiger partial charge in [0.1, 0.15) is 29.7 Å². The third-order valence-electron chi connectivity index (χ3n) is 5.76. The summed E-state index contributed by atoms with van der Waals surface area (Å²) >= 11 is 0. The summed E-state index contributed by atoms with van der Waals surface area (Å²) in [6.07, 6.45) is 0.646. The number of H-pyrrole nitrogens is 1. The summed E-state index contributed by atoms with van der Waals surface area (Å²) in [7, 11) is 0. The molecule has 166 valence electrons. The lowest BCUT2D eigenvalue weighted by molar-refractivity contribution is 0.0642. The number of fused-ring (bicyclic) bond motifs is 3. The number of aliphatic hydroxyl groups is 1. The van der Waals surface area contributed by atoms with E-state index in [0.29, 0.717) is 12.1 Å². The number of benzene rings is 2. The van der Waals surface area contributed by atoms with Crippen LogP contribution >= 0.6 is 0 Å². The second kappa shape index (κ2) is 8.20. The molecule has 1 aromatic heterocycles. The van der Waals surface area contributed by atoms with Crippen LogP contribution in [-0.2, 0) is 6.42 Å². The molecule has 2 atom stereocenters. The van der Waals surface area contributed by atoms with Gasteiger partial charge in [0, 0.05) is 46.9 Å². The van der Waals surface area contributed by atoms with Crippen LogP contribution in [0.25, 0.3) is 10.9 Å². The highest BCUT2D eigenvalue weighted by molar-refractivity contribution is 5.85. The summed E-state index contributed by atoms with van der Waals surface area (Å²) in [6, 6.07) is 9.05. The topological polar surface area (TPSA) is 48.5 Å². The zero-order valence-corrected chi connectivity index (χ0v) is 17.9. The molecule has 0 bridgehead atoms. The molecule has 2 N–H and O–H groups in total. The standard InChI is InChI=1S/C24H27F3N2O2/c1-14-10-17-16-6-4-5-7-20(16)28-22(17)23(29(14)13-24(2,3)27)21-18(25)11-15(12-19(21)26)31-9-8-30/h4-7,11-12,14,23,28,30H,8-10,13H2,1-3H3/t14-,23-/m1/s1. The fourth-order valence-electron chi connectivity index (χ4n) is 4.57. The largest absolute Gasteiger partial charge is 0.491 e. The van der Waals surface area contributed by atoms with Crippen molar-refractivity contribution in [2.45, 2.75) is 44.9 Å². The molecule has 4 rings (SSSR count). The number of halogens is 3. The molecule has 0 radical (unpaired) electrons. The number of rotatable bonds is 6. The quantitative estimate of drug-likeness (QED) is 0.583. The van der Waals surface area contributed by atoms with Crippen molar-refractivity contribution in [1.82, 2.24) is 9.88 Å². The molecular formula is C24H27F3N2O2. The average Bonchev–Trinajstić information content (AvgIpc) is 3.05. The summed E-state index contributed by atoms with van der Waals surface area (Å²) in [5.41, 5.74) is 0.883. The molecular weight excluding hydrogens is 405 g/mol. The third kappa shape index (κ3) is 4.16. The summed E-state index contributed by atoms with van der Waals surface area (Å²) in [5.74, 6) is -1.53. The van der Waals surface area contributed by atoms with E-state index in [2.05, 4.69) is 4.98 Å². The van der Waals surface area contributed by atoms with Gasteiger partial charge in [0.25, 0.3) is 0 Å². The number of aromatic amines is 1. The molecule has 2 heterocycles. The van der Waals surface area contributed by atoms with E-state index in [1.54, 1.807) is 0 Å². The Hall–Kier alpha value is -2.51. The third-order valence-corrected chi connectivity index (χ3v) is 5.76. The van der Waals surface area contributed by atoms with Crippen LogP contribution in [0, 0.1) is 11.6 Å². The molecule has 0 aliphatic carbocycles. The molecule has 3 aromatic rings. The van der Waals surface area contributed by atoms with E-state index < -0.39 is 23.3 Å². The molecule has 0 unspecified atom stereocenters. The van der Waals surface area contributed by atoms with E-state index in [0.717, 1.165) is 28.6 Å². The smallest absolute Gasteiger partial charge is 0.135 e. The van der Waals surface area contributed by atoms with Crippen LogP contribution in [0.2, 0.25) is 0 Å². The number of ether oxygens (including phenoxy) is 1. The van der Waals surface area contributed by atoms with Gasteiger partial charge in [-0.2, -0.15) is 0 Å². The minimum Gasteiger partial charge on any atom is -0.491 e. The Morgan fingerprint density at radius 1 is 1.19 bits per heavy atom. The fraction of sp³-hybridized carbons (Fsp3) is 0.417. The van der Waals surface area contributed by atoms with Crippen molar-refractivity contribution in [2.24, 2.45) is 0 Å². The zero-order chi connectivity index (χ0) is 22.3. The lowest BCUT2D eigenvalue weighted by atomic mass is 9.87. The minimum absolute atomic E-state index is 0.00546. The molecule has 0 spiro atoms. The van der Waals surface area contributed by atoms with E-state index in [4.69, 9.17) is 9.84 Å². The lowest BCUT2D eigenvalue weighted by Gasteiger charge is -2.43. The maximum absolute atomic E-state index is 15.3. The van der Waals surface area contributed by atoms with Crippen molar-refractivity contribution >= 4 is 10.9 Å². The first-order valence-electron chi connectivity index (χ1n) is 10.5. The molecule has 2 aromatic carbocycles. The first-order valence-corrected chi connectivity index (χ1v) is 10.5. The van der Waals surface area contributed by atoms with E-state index in [-0.39, 0.29) is 37.1 Å². The van der Waals surface area contributed by atoms with Crippen LogP contribution in [0.3, 0.4) is 0 Å². The van der Waals surface area contributed by atoms with Crippen LogP contribution in [0.5, 0.6) is 5.75 Å². The van der Waals surface area contributed by atoms with Crippen molar-refractivity contribution in [3.8, 4) is 5.75 Å². The predicted molar refractivity (Wildman–Crippen MR) is 114 cm³/mol. The molecule has 0 fully saturated rings. The number of para-hydroxylation sites is 1. The van der Waals surface area contributed by atoms with Crippen molar-refractivity contribution in [1.29, 1.82) is 0 Å². The predicted octanol–water partition coefficient (Wildman–Crippen LogP) is 4.90. The SMILES string of the molecule is C[C@@H]1Cc2c([nH]c3ccccc23)[C@@H](c2c(F)cc(OCCO)cc2F)N1CC(C)(C)F. The zero-order valence-electron chi connectivity index (χ0n) is 17.9. The average molecular weight is 432 g/mol. The fourth-order valence-corrected chi connectivity index (χ4v) is 4.57. The van der Waals surface area contributed by atoms with Gasteiger partial charge in [0.2, 0.25) is 0 Å². The van der Waals surface area contributed by atoms with E-state index in [1.165, 1.54) is 13.8 Å². The Balaban J connectivity index is 1.90. The highest BCUT2D eigenvalue weighted by Gasteiger charge is 2.41. The van der Waals surface area contributed by atoms with Gasteiger partial charge in [-0.25, -0.2) is 13.2 Å². The van der Waals surface area contributed by atoms with Crippen LogP contribution in [0.4, 0.5) is 13.2 Å². The van der Waals surface area contributed by atoms with Crippen LogP contribution in [0.1, 0.15) is 43.6 Å². The highest BCUT2D eigenvalue weighted by Crippen LogP contribution is 2.43. The van der Waals surface area contributed by atoms with Crippen molar-refractivity contribution in [2.75, 3.05) is 19.8 Å². The Morgan fingerprint density at radius 2 is 1.87 bits per heavy atom. The van der Waals surface area contributed by atoms with Gasteiger partial charge in [0.05, 0.1) is 12.6 Å². The molecule has 0 saturated carbocycles. The first kappa shape index (κ1) is 21.7. The van der Waals surface area contributed by atoms with E-state index in [1.807, 2.05) is 36.1 Å². The molecule has 31 heavy (non-hydrogen) atoms. The maximum atomic E-state index is 15.3. The molecule has 1 aliphatic rings. The van der Waals surface area contributed by atoms with Crippen LogP contribution in [-0.4, -0.2) is 46.5 Å². The summed E-state index contributed by atoms with van der Waals surface area (Å²) in [5, 5.41) is 9.93. The monoisotopic (exact) mass is 432 g/mol. The second-order valence-electron chi connectivity index (χ2n) is 8.78. The van der Waals surface area contributed by atoms with Gasteiger partial charge in [0.15, 0.2) is 0 Å². The number of alkyl halides is 1. The molecule has 1 aliphatic heterocycles. The van der Waals surface area contributed by atoms with Crippen molar-refractivity contribution in [3.05, 3.63) is 64.9 Å². The lowest BCUT2D eigenvalue weighted by Crippen LogP contribution is -2.48. The van der Waals surface area contributed by atoms with Gasteiger partial charge in [-0.1, -0.05) is 18.2 Å². The van der Waals surface area contributed by atoms with Crippen molar-refractivity contribution < 1.29 is 23.0 Å². The number of aliphatic hydroxyl groups excluding tert-OH is 1. The van der Waals surface area contributed by atoms with Gasteiger partial charge in [-0.15, -0.1) is 0 Å². The number of hydrogen-bond acceptors (Lipinski definition) is 3. The second-order valence-corrected chi connectivity index (χ2v) is 8.78. The molecule has 0 saturated heterocycles. The first-order chi connectivity index (χ1) is 14.7. The summed E-state index contributed by atoms with van der Waals surface area (Å²) in [4.78, 5) is 5.17. The molecule has 0 amide bonds. The Labute approximate surface area is 179 Å². The van der Waals surface area contributed by atoms with Crippen LogP contribution in [0.15, 0.2) is 36.4 Å². The van der Waals surface area contributed by atoms with Gasteiger partial charge < -0.3 is 14.8 Å². The van der Waals surface area contributed by atoms with Gasteiger partial charge in [-0.3, -0.25) is 4.90 Å². The minimum atomic E-state index is -1.55. The number of aromatic nitrogens is 1. The Bertz CT molecular complexity index is 1070. The van der Waals surface area contributed by atoms with Crippen LogP contribution < -0.4 is 4.74 Å². The number of hydrogen-bond donors (Lipinski definition) is 2. The number of nitrogens with zero attached hydrogens (tertiary/aromatic N) is 1. The van der Waals surface area contributed by atoms with E-state index >= 15 is 8.78 Å². The summed E-state index contributed by atoms with van der Waals surface area (Å²) < 4.78 is 50.5. The van der Waals surface area contributed by atoms with Crippen molar-refractivity contribution in [3.63, 3.8) is 0 Å². The Morgan fingerprint density at radius 3 is 2.52 bits per heavy atom. The summed E-state index contributed by atoms with van der Waals surface area (Å²) in [6.45, 7) is 4.59. The maximum Gasteiger partial charge on any atom is 0.135 e. The number of nitrogens with one attached hydrogen (secondary N) is 1. The molecule has 4 nitrogen and oxygen atoms in total.